The molecule has 108 valence electrons. The molecule has 0 aromatic carbocycles. The van der Waals surface area contributed by atoms with Gasteiger partial charge in [0.15, 0.2) is 0 Å². The number of rotatable bonds is 8. The summed E-state index contributed by atoms with van der Waals surface area (Å²) >= 11 is 6.04. The molecular formula is C15H26ClN3. The SMILES string of the molecule is Cc1nc(Cl)c(C)c(NCCCCCCC(C)C)n1. The van der Waals surface area contributed by atoms with Crippen molar-refractivity contribution in [1.82, 2.24) is 9.97 Å². The van der Waals surface area contributed by atoms with Gasteiger partial charge in [0.2, 0.25) is 0 Å². The molecule has 1 rings (SSSR count). The largest absolute Gasteiger partial charge is 0.370 e. The van der Waals surface area contributed by atoms with Crippen LogP contribution in [0.1, 0.15) is 57.3 Å². The molecular weight excluding hydrogens is 258 g/mol. The topological polar surface area (TPSA) is 37.8 Å². The zero-order chi connectivity index (χ0) is 14.3. The zero-order valence-corrected chi connectivity index (χ0v) is 13.3. The van der Waals surface area contributed by atoms with E-state index in [1.807, 2.05) is 13.8 Å². The predicted molar refractivity (Wildman–Crippen MR) is 82.9 cm³/mol. The highest BCUT2D eigenvalue weighted by Crippen LogP contribution is 2.19. The van der Waals surface area contributed by atoms with Crippen molar-refractivity contribution < 1.29 is 0 Å². The Morgan fingerprint density at radius 2 is 1.74 bits per heavy atom. The second-order valence-electron chi connectivity index (χ2n) is 5.56. The third-order valence-electron chi connectivity index (χ3n) is 3.20. The summed E-state index contributed by atoms with van der Waals surface area (Å²) in [7, 11) is 0. The van der Waals surface area contributed by atoms with Crippen LogP contribution in [0.15, 0.2) is 0 Å². The van der Waals surface area contributed by atoms with Crippen LogP contribution < -0.4 is 5.32 Å². The van der Waals surface area contributed by atoms with Crippen LogP contribution in [-0.4, -0.2) is 16.5 Å². The van der Waals surface area contributed by atoms with Crippen LogP contribution in [0.5, 0.6) is 0 Å². The fraction of sp³-hybridized carbons (Fsp3) is 0.733. The molecule has 4 heteroatoms. The van der Waals surface area contributed by atoms with Gasteiger partial charge in [0, 0.05) is 12.1 Å². The maximum atomic E-state index is 6.04. The lowest BCUT2D eigenvalue weighted by molar-refractivity contribution is 0.523. The molecule has 0 aliphatic heterocycles. The molecule has 3 nitrogen and oxygen atoms in total. The van der Waals surface area contributed by atoms with E-state index in [9.17, 15) is 0 Å². The predicted octanol–water partition coefficient (Wildman–Crippen LogP) is 4.77. The highest BCUT2D eigenvalue weighted by atomic mass is 35.5. The molecule has 0 saturated heterocycles. The maximum absolute atomic E-state index is 6.04. The van der Waals surface area contributed by atoms with E-state index >= 15 is 0 Å². The molecule has 0 bridgehead atoms. The third kappa shape index (κ3) is 6.24. The number of nitrogens with one attached hydrogen (secondary N) is 1. The average Bonchev–Trinajstić information content (AvgIpc) is 2.33. The van der Waals surface area contributed by atoms with E-state index in [4.69, 9.17) is 11.6 Å². The van der Waals surface area contributed by atoms with Gasteiger partial charge < -0.3 is 5.32 Å². The van der Waals surface area contributed by atoms with Crippen LogP contribution in [0.2, 0.25) is 5.15 Å². The van der Waals surface area contributed by atoms with E-state index in [1.165, 1.54) is 32.1 Å². The molecule has 19 heavy (non-hydrogen) atoms. The zero-order valence-electron chi connectivity index (χ0n) is 12.6. The Morgan fingerprint density at radius 3 is 2.42 bits per heavy atom. The van der Waals surface area contributed by atoms with Gasteiger partial charge in [0.05, 0.1) is 0 Å². The first-order chi connectivity index (χ1) is 9.00. The standard InChI is InChI=1S/C15H26ClN3/c1-11(2)9-7-5-6-8-10-17-15-12(3)14(16)18-13(4)19-15/h11H,5-10H2,1-4H3,(H,17,18,19). The molecule has 0 atom stereocenters. The van der Waals surface area contributed by atoms with E-state index in [0.717, 1.165) is 29.7 Å². The molecule has 0 radical (unpaired) electrons. The van der Waals surface area contributed by atoms with Gasteiger partial charge in [-0.3, -0.25) is 0 Å². The quantitative estimate of drug-likeness (QED) is 0.552. The van der Waals surface area contributed by atoms with Gasteiger partial charge >= 0.3 is 0 Å². The van der Waals surface area contributed by atoms with E-state index in [1.54, 1.807) is 0 Å². The number of hydrogen-bond donors (Lipinski definition) is 1. The number of unbranched alkanes of at least 4 members (excludes halogenated alkanes) is 3. The number of nitrogens with zero attached hydrogens (tertiary/aromatic N) is 2. The summed E-state index contributed by atoms with van der Waals surface area (Å²) in [6, 6.07) is 0. The molecule has 0 saturated carbocycles. The summed E-state index contributed by atoms with van der Waals surface area (Å²) in [6.45, 7) is 9.33. The number of aromatic nitrogens is 2. The molecule has 0 spiro atoms. The van der Waals surface area contributed by atoms with Gasteiger partial charge in [0.1, 0.15) is 16.8 Å². The van der Waals surface area contributed by atoms with Gasteiger partial charge in [0.25, 0.3) is 0 Å². The van der Waals surface area contributed by atoms with E-state index in [-0.39, 0.29) is 0 Å². The van der Waals surface area contributed by atoms with Crippen LogP contribution in [0.4, 0.5) is 5.82 Å². The van der Waals surface area contributed by atoms with Gasteiger partial charge in [-0.05, 0) is 26.2 Å². The van der Waals surface area contributed by atoms with Crippen LogP contribution in [0.25, 0.3) is 0 Å². The van der Waals surface area contributed by atoms with Crippen LogP contribution in [0.3, 0.4) is 0 Å². The molecule has 1 heterocycles. The van der Waals surface area contributed by atoms with Gasteiger partial charge in [-0.2, -0.15) is 0 Å². The fourth-order valence-corrected chi connectivity index (χ4v) is 2.22. The number of anilines is 1. The Bertz CT molecular complexity index is 391. The Balaban J connectivity index is 2.23. The van der Waals surface area contributed by atoms with Gasteiger partial charge in [-0.25, -0.2) is 9.97 Å². The minimum absolute atomic E-state index is 0.548. The molecule has 1 aromatic rings. The Hall–Kier alpha value is -0.830. The summed E-state index contributed by atoms with van der Waals surface area (Å²) in [4.78, 5) is 8.52. The van der Waals surface area contributed by atoms with Crippen molar-refractivity contribution in [2.75, 3.05) is 11.9 Å². The van der Waals surface area contributed by atoms with Crippen molar-refractivity contribution in [3.63, 3.8) is 0 Å². The van der Waals surface area contributed by atoms with Crippen molar-refractivity contribution in [2.24, 2.45) is 5.92 Å². The van der Waals surface area contributed by atoms with Crippen molar-refractivity contribution in [2.45, 2.75) is 59.8 Å². The Labute approximate surface area is 122 Å². The molecule has 1 N–H and O–H groups in total. The lowest BCUT2D eigenvalue weighted by Gasteiger charge is -2.10. The van der Waals surface area contributed by atoms with E-state index in [2.05, 4.69) is 29.1 Å². The van der Waals surface area contributed by atoms with Gasteiger partial charge in [-0.15, -0.1) is 0 Å². The second-order valence-corrected chi connectivity index (χ2v) is 5.92. The molecule has 0 unspecified atom stereocenters. The number of hydrogen-bond acceptors (Lipinski definition) is 3. The van der Waals surface area contributed by atoms with Crippen molar-refractivity contribution >= 4 is 17.4 Å². The normalized spacial score (nSPS) is 11.1. The lowest BCUT2D eigenvalue weighted by Crippen LogP contribution is -2.07. The first kappa shape index (κ1) is 16.2. The summed E-state index contributed by atoms with van der Waals surface area (Å²) in [5, 5.41) is 3.91. The molecule has 1 aromatic heterocycles. The summed E-state index contributed by atoms with van der Waals surface area (Å²) in [6.07, 6.45) is 6.46. The average molecular weight is 284 g/mol. The molecule has 0 aliphatic rings. The lowest BCUT2D eigenvalue weighted by atomic mass is 10.0. The monoisotopic (exact) mass is 283 g/mol. The van der Waals surface area contributed by atoms with E-state index < -0.39 is 0 Å². The first-order valence-electron chi connectivity index (χ1n) is 7.25. The smallest absolute Gasteiger partial charge is 0.137 e. The minimum Gasteiger partial charge on any atom is -0.370 e. The maximum Gasteiger partial charge on any atom is 0.137 e. The number of aryl methyl sites for hydroxylation is 1. The third-order valence-corrected chi connectivity index (χ3v) is 3.57. The van der Waals surface area contributed by atoms with E-state index in [0.29, 0.717) is 5.15 Å². The summed E-state index contributed by atoms with van der Waals surface area (Å²) in [5.41, 5.74) is 0.937. The number of halogens is 1. The van der Waals surface area contributed by atoms with Crippen LogP contribution >= 0.6 is 11.6 Å². The first-order valence-corrected chi connectivity index (χ1v) is 7.63. The fourth-order valence-electron chi connectivity index (χ4n) is 2.00. The van der Waals surface area contributed by atoms with Crippen LogP contribution in [0, 0.1) is 19.8 Å². The highest BCUT2D eigenvalue weighted by molar-refractivity contribution is 6.30. The summed E-state index contributed by atoms with van der Waals surface area (Å²) in [5.74, 6) is 2.42. The summed E-state index contributed by atoms with van der Waals surface area (Å²) < 4.78 is 0. The van der Waals surface area contributed by atoms with Crippen molar-refractivity contribution in [3.8, 4) is 0 Å². The highest BCUT2D eigenvalue weighted by Gasteiger charge is 2.06. The van der Waals surface area contributed by atoms with Crippen molar-refractivity contribution in [1.29, 1.82) is 0 Å². The van der Waals surface area contributed by atoms with Crippen molar-refractivity contribution in [3.05, 3.63) is 16.5 Å². The Kier molecular flexibility index (Phi) is 7.14. The second kappa shape index (κ2) is 8.36. The Morgan fingerprint density at radius 1 is 1.05 bits per heavy atom. The minimum atomic E-state index is 0.548. The van der Waals surface area contributed by atoms with Gasteiger partial charge in [-0.1, -0.05) is 51.1 Å². The van der Waals surface area contributed by atoms with Crippen LogP contribution in [-0.2, 0) is 0 Å². The molecule has 0 aliphatic carbocycles. The molecule has 0 fully saturated rings. The molecule has 0 amide bonds.